The fourth-order valence-corrected chi connectivity index (χ4v) is 3.11. The molecule has 0 spiro atoms. The lowest BCUT2D eigenvalue weighted by Crippen LogP contribution is -2.45. The van der Waals surface area contributed by atoms with Crippen LogP contribution in [0.3, 0.4) is 0 Å². The Morgan fingerprint density at radius 2 is 1.57 bits per heavy atom. The molecule has 7 nitrogen and oxygen atoms in total. The molecule has 0 aliphatic rings. The summed E-state index contributed by atoms with van der Waals surface area (Å²) >= 11 is 0. The Hall–Kier alpha value is -1.51. The molecule has 0 amide bonds. The highest BCUT2D eigenvalue weighted by Crippen LogP contribution is 2.37. The van der Waals surface area contributed by atoms with Gasteiger partial charge in [-0.25, -0.2) is 13.1 Å². The summed E-state index contributed by atoms with van der Waals surface area (Å²) in [6, 6.07) is 2.95. The Labute approximate surface area is 125 Å². The van der Waals surface area contributed by atoms with Gasteiger partial charge < -0.3 is 19.9 Å². The molecule has 0 unspecified atom stereocenters. The molecule has 3 N–H and O–H groups in total. The van der Waals surface area contributed by atoms with Gasteiger partial charge in [0.05, 0.1) is 21.3 Å². The quantitative estimate of drug-likeness (QED) is 0.769. The molecule has 1 rings (SSSR count). The Balaban J connectivity index is 3.33. The first-order valence-corrected chi connectivity index (χ1v) is 7.71. The van der Waals surface area contributed by atoms with Crippen LogP contribution >= 0.6 is 0 Å². The molecule has 0 saturated heterocycles. The average molecular weight is 318 g/mol. The van der Waals surface area contributed by atoms with Gasteiger partial charge in [-0.3, -0.25) is 0 Å². The predicted molar refractivity (Wildman–Crippen MR) is 79.6 cm³/mol. The van der Waals surface area contributed by atoms with Crippen molar-refractivity contribution in [3.63, 3.8) is 0 Å². The van der Waals surface area contributed by atoms with Gasteiger partial charge in [-0.05, 0) is 13.8 Å². The maximum Gasteiger partial charge on any atom is 0.248 e. The largest absolute Gasteiger partial charge is 0.496 e. The zero-order valence-corrected chi connectivity index (χ0v) is 13.7. The van der Waals surface area contributed by atoms with E-state index in [1.54, 1.807) is 13.8 Å². The molecule has 1 aromatic rings. The summed E-state index contributed by atoms with van der Waals surface area (Å²) in [7, 11) is 0.381. The van der Waals surface area contributed by atoms with Crippen LogP contribution < -0.4 is 24.7 Å². The summed E-state index contributed by atoms with van der Waals surface area (Å²) in [5.41, 5.74) is 5.12. The van der Waals surface area contributed by atoms with Gasteiger partial charge in [-0.15, -0.1) is 0 Å². The van der Waals surface area contributed by atoms with Gasteiger partial charge in [0.25, 0.3) is 0 Å². The third-order valence-electron chi connectivity index (χ3n) is 2.66. The van der Waals surface area contributed by atoms with E-state index in [4.69, 9.17) is 19.9 Å². The fraction of sp³-hybridized carbons (Fsp3) is 0.538. The molecule has 0 saturated carbocycles. The average Bonchev–Trinajstić information content (AvgIpc) is 2.42. The van der Waals surface area contributed by atoms with Crippen LogP contribution in [0.25, 0.3) is 0 Å². The van der Waals surface area contributed by atoms with Gasteiger partial charge in [0.2, 0.25) is 10.0 Å². The first-order chi connectivity index (χ1) is 9.64. The first-order valence-electron chi connectivity index (χ1n) is 6.23. The van der Waals surface area contributed by atoms with Crippen molar-refractivity contribution < 1.29 is 22.6 Å². The van der Waals surface area contributed by atoms with Crippen LogP contribution in [0.2, 0.25) is 0 Å². The third kappa shape index (κ3) is 4.48. The SMILES string of the molecule is COc1cc(OC)c(S(=O)(=O)NCC(C)(C)N)c(OC)c1. The molecule has 8 heteroatoms. The fourth-order valence-electron chi connectivity index (χ4n) is 1.59. The normalized spacial score (nSPS) is 12.1. The van der Waals surface area contributed by atoms with Crippen LogP contribution in [-0.2, 0) is 10.0 Å². The van der Waals surface area contributed by atoms with Gasteiger partial charge in [-0.1, -0.05) is 0 Å². The van der Waals surface area contributed by atoms with E-state index in [1.807, 2.05) is 0 Å². The van der Waals surface area contributed by atoms with Crippen molar-refractivity contribution in [1.29, 1.82) is 0 Å². The molecule has 21 heavy (non-hydrogen) atoms. The summed E-state index contributed by atoms with van der Waals surface area (Å²) in [6.07, 6.45) is 0. The van der Waals surface area contributed by atoms with Crippen molar-refractivity contribution in [3.8, 4) is 17.2 Å². The third-order valence-corrected chi connectivity index (χ3v) is 4.12. The summed E-state index contributed by atoms with van der Waals surface area (Å²) in [6.45, 7) is 3.52. The van der Waals surface area contributed by atoms with Crippen molar-refractivity contribution in [2.75, 3.05) is 27.9 Å². The smallest absolute Gasteiger partial charge is 0.248 e. The first kappa shape index (κ1) is 17.5. The number of sulfonamides is 1. The van der Waals surface area contributed by atoms with Crippen LogP contribution in [0.1, 0.15) is 13.8 Å². The number of ether oxygens (including phenoxy) is 3. The topological polar surface area (TPSA) is 99.9 Å². The summed E-state index contributed by atoms with van der Waals surface area (Å²) in [4.78, 5) is -0.0856. The Morgan fingerprint density at radius 1 is 1.10 bits per heavy atom. The van der Waals surface area contributed by atoms with Crippen LogP contribution in [0, 0.1) is 0 Å². The lowest BCUT2D eigenvalue weighted by atomic mass is 10.1. The van der Waals surface area contributed by atoms with E-state index in [1.165, 1.54) is 33.5 Å². The predicted octanol–water partition coefficient (Wildman–Crippen LogP) is 0.728. The van der Waals surface area contributed by atoms with Crippen molar-refractivity contribution in [1.82, 2.24) is 4.72 Å². The van der Waals surface area contributed by atoms with E-state index < -0.39 is 15.6 Å². The number of benzene rings is 1. The van der Waals surface area contributed by atoms with Gasteiger partial charge in [0.1, 0.15) is 17.2 Å². The standard InChI is InChI=1S/C13H22N2O5S/c1-13(2,14)8-15-21(16,17)12-10(19-4)6-9(18-3)7-11(12)20-5/h6-7,15H,8,14H2,1-5H3. The Bertz CT molecular complexity index is 568. The molecular formula is C13H22N2O5S. The maximum atomic E-state index is 12.5. The van der Waals surface area contributed by atoms with Crippen LogP contribution in [-0.4, -0.2) is 41.8 Å². The Morgan fingerprint density at radius 3 is 1.90 bits per heavy atom. The lowest BCUT2D eigenvalue weighted by molar-refractivity contribution is 0.358. The van der Waals surface area contributed by atoms with Crippen molar-refractivity contribution in [3.05, 3.63) is 12.1 Å². The van der Waals surface area contributed by atoms with Crippen molar-refractivity contribution >= 4 is 10.0 Å². The molecule has 0 aliphatic heterocycles. The molecule has 120 valence electrons. The molecule has 0 aromatic heterocycles. The number of nitrogens with two attached hydrogens (primary N) is 1. The van der Waals surface area contributed by atoms with Gasteiger partial charge in [-0.2, -0.15) is 0 Å². The van der Waals surface area contributed by atoms with E-state index >= 15 is 0 Å². The van der Waals surface area contributed by atoms with Crippen LogP contribution in [0.4, 0.5) is 0 Å². The molecule has 0 atom stereocenters. The van der Waals surface area contributed by atoms with Crippen LogP contribution in [0.5, 0.6) is 17.2 Å². The number of rotatable bonds is 7. The highest BCUT2D eigenvalue weighted by molar-refractivity contribution is 7.89. The van der Waals surface area contributed by atoms with Crippen LogP contribution in [0.15, 0.2) is 17.0 Å². The summed E-state index contributed by atoms with van der Waals surface area (Å²) in [5.74, 6) is 0.698. The second-order valence-corrected chi connectivity index (χ2v) is 6.88. The molecule has 0 radical (unpaired) electrons. The van der Waals surface area contributed by atoms with Crippen molar-refractivity contribution in [2.45, 2.75) is 24.3 Å². The number of nitrogens with one attached hydrogen (secondary N) is 1. The van der Waals surface area contributed by atoms with E-state index in [9.17, 15) is 8.42 Å². The second kappa shape index (κ2) is 6.50. The Kier molecular flexibility index (Phi) is 5.43. The monoisotopic (exact) mass is 318 g/mol. The van der Waals surface area contributed by atoms with Crippen molar-refractivity contribution in [2.24, 2.45) is 5.73 Å². The number of methoxy groups -OCH3 is 3. The highest BCUT2D eigenvalue weighted by atomic mass is 32.2. The van der Waals surface area contributed by atoms with E-state index in [0.717, 1.165) is 0 Å². The summed E-state index contributed by atoms with van der Waals surface area (Å²) < 4.78 is 42.8. The molecule has 0 bridgehead atoms. The lowest BCUT2D eigenvalue weighted by Gasteiger charge is -2.20. The zero-order valence-electron chi connectivity index (χ0n) is 12.9. The van der Waals surface area contributed by atoms with E-state index in [0.29, 0.717) is 5.75 Å². The molecule has 0 heterocycles. The van der Waals surface area contributed by atoms with Gasteiger partial charge in [0.15, 0.2) is 4.90 Å². The molecule has 0 fully saturated rings. The molecule has 0 aliphatic carbocycles. The summed E-state index contributed by atoms with van der Waals surface area (Å²) in [5, 5.41) is 0. The van der Waals surface area contributed by atoms with Gasteiger partial charge in [0, 0.05) is 24.2 Å². The minimum Gasteiger partial charge on any atom is -0.496 e. The second-order valence-electron chi connectivity index (χ2n) is 5.17. The van der Waals surface area contributed by atoms with E-state index in [-0.39, 0.29) is 22.9 Å². The molecular weight excluding hydrogens is 296 g/mol. The number of hydrogen-bond donors (Lipinski definition) is 2. The number of hydrogen-bond acceptors (Lipinski definition) is 6. The zero-order chi connectivity index (χ0) is 16.3. The highest BCUT2D eigenvalue weighted by Gasteiger charge is 2.27. The van der Waals surface area contributed by atoms with Gasteiger partial charge >= 0.3 is 0 Å². The maximum absolute atomic E-state index is 12.5. The molecule has 1 aromatic carbocycles. The minimum atomic E-state index is -3.84. The van der Waals surface area contributed by atoms with E-state index in [2.05, 4.69) is 4.72 Å². The minimum absolute atomic E-state index is 0.0771.